The molecule has 0 saturated carbocycles. The molecule has 9 nitrogen and oxygen atoms in total. The Hall–Kier alpha value is -4.21. The van der Waals surface area contributed by atoms with Gasteiger partial charge in [-0.15, -0.1) is 0 Å². The zero-order chi connectivity index (χ0) is 25.9. The molecule has 0 bridgehead atoms. The first-order valence-electron chi connectivity index (χ1n) is 12.8. The average Bonchev–Trinajstić information content (AvgIpc) is 3.54. The first-order chi connectivity index (χ1) is 18.6. The molecular formula is C29H29N5O4. The van der Waals surface area contributed by atoms with Gasteiger partial charge in [0.05, 0.1) is 23.8 Å². The van der Waals surface area contributed by atoms with Gasteiger partial charge in [0.2, 0.25) is 5.95 Å². The number of aromatic nitrogens is 4. The van der Waals surface area contributed by atoms with Crippen molar-refractivity contribution < 1.29 is 19.0 Å². The molecule has 6 rings (SSSR count). The van der Waals surface area contributed by atoms with Crippen LogP contribution in [0.25, 0.3) is 27.8 Å². The summed E-state index contributed by atoms with van der Waals surface area (Å²) in [5, 5.41) is 2.82. The molecule has 1 amide bonds. The lowest BCUT2D eigenvalue weighted by molar-refractivity contribution is -0.165. The lowest BCUT2D eigenvalue weighted by Crippen LogP contribution is -2.24. The molecule has 3 aromatic heterocycles. The quantitative estimate of drug-likeness (QED) is 0.272. The summed E-state index contributed by atoms with van der Waals surface area (Å²) in [4.78, 5) is 25.1. The van der Waals surface area contributed by atoms with E-state index in [0.717, 1.165) is 48.0 Å². The van der Waals surface area contributed by atoms with E-state index in [9.17, 15) is 4.79 Å². The number of H-pyrrole nitrogens is 1. The van der Waals surface area contributed by atoms with Crippen LogP contribution in [0.15, 0.2) is 67.0 Å². The fourth-order valence-corrected chi connectivity index (χ4v) is 4.59. The smallest absolute Gasteiger partial charge is 0.278 e. The van der Waals surface area contributed by atoms with Crippen molar-refractivity contribution in [1.82, 2.24) is 19.4 Å². The Balaban J connectivity index is 1.10. The molecule has 1 aliphatic rings. The van der Waals surface area contributed by atoms with Gasteiger partial charge in [-0.25, -0.2) is 9.97 Å². The van der Waals surface area contributed by atoms with Crippen molar-refractivity contribution in [3.63, 3.8) is 0 Å². The summed E-state index contributed by atoms with van der Waals surface area (Å²) in [5.41, 5.74) is 5.94. The van der Waals surface area contributed by atoms with Crippen LogP contribution in [-0.4, -0.2) is 51.4 Å². The highest BCUT2D eigenvalue weighted by atomic mass is 16.7. The highest BCUT2D eigenvalue weighted by molar-refractivity contribution is 6.03. The van der Waals surface area contributed by atoms with Crippen molar-refractivity contribution in [3.8, 4) is 16.9 Å². The molecule has 5 aromatic rings. The Morgan fingerprint density at radius 3 is 2.87 bits per heavy atom. The zero-order valence-corrected chi connectivity index (χ0v) is 21.1. The third kappa shape index (κ3) is 5.39. The topological polar surface area (TPSA) is 103 Å². The van der Waals surface area contributed by atoms with E-state index in [4.69, 9.17) is 14.2 Å². The lowest BCUT2D eigenvalue weighted by atomic mass is 10.0. The molecule has 1 atom stereocenters. The Morgan fingerprint density at radius 1 is 1.08 bits per heavy atom. The number of ether oxygens (including phenoxy) is 3. The van der Waals surface area contributed by atoms with E-state index in [0.29, 0.717) is 30.6 Å². The minimum Gasteiger partial charge on any atom is -0.490 e. The maximum absolute atomic E-state index is 12.9. The predicted molar refractivity (Wildman–Crippen MR) is 144 cm³/mol. The number of aromatic amines is 1. The number of fused-ring (bicyclic) bond motifs is 2. The minimum atomic E-state index is -0.352. The highest BCUT2D eigenvalue weighted by Crippen LogP contribution is 2.25. The van der Waals surface area contributed by atoms with Gasteiger partial charge in [-0.1, -0.05) is 35.9 Å². The van der Waals surface area contributed by atoms with Crippen molar-refractivity contribution in [2.24, 2.45) is 0 Å². The molecule has 0 aliphatic carbocycles. The van der Waals surface area contributed by atoms with Gasteiger partial charge < -0.3 is 23.6 Å². The van der Waals surface area contributed by atoms with E-state index in [-0.39, 0.29) is 17.9 Å². The number of benzene rings is 2. The summed E-state index contributed by atoms with van der Waals surface area (Å²) in [6.45, 7) is 3.68. The van der Waals surface area contributed by atoms with Gasteiger partial charge in [0, 0.05) is 12.8 Å². The standard InChI is InChI=1S/C29H29N5O4/c1-19-5-4-6-20(15-19)21-8-10-23-24(16-21)32-29(31-23)33-28(35)25-18-34-17-22(9-11-26(34)30-25)36-13-14-38-27-7-2-3-12-37-27/h4-6,8-11,15-18,27H,2-3,7,12-14H2,1H3,(H2,31,32,33,35). The van der Waals surface area contributed by atoms with Crippen molar-refractivity contribution >= 4 is 28.5 Å². The van der Waals surface area contributed by atoms with E-state index >= 15 is 0 Å². The summed E-state index contributed by atoms with van der Waals surface area (Å²) in [5.74, 6) is 0.682. The molecule has 0 radical (unpaired) electrons. The molecular weight excluding hydrogens is 482 g/mol. The summed E-state index contributed by atoms with van der Waals surface area (Å²) < 4.78 is 18.9. The molecule has 1 fully saturated rings. The van der Waals surface area contributed by atoms with Gasteiger partial charge in [-0.2, -0.15) is 0 Å². The van der Waals surface area contributed by atoms with E-state index in [1.54, 1.807) is 16.8 Å². The largest absolute Gasteiger partial charge is 0.490 e. The van der Waals surface area contributed by atoms with E-state index in [2.05, 4.69) is 45.4 Å². The van der Waals surface area contributed by atoms with Gasteiger partial charge >= 0.3 is 0 Å². The normalized spacial score (nSPS) is 15.7. The van der Waals surface area contributed by atoms with Gasteiger partial charge in [-0.05, 0) is 61.6 Å². The molecule has 4 heterocycles. The average molecular weight is 512 g/mol. The van der Waals surface area contributed by atoms with Crippen LogP contribution in [0, 0.1) is 6.92 Å². The summed E-state index contributed by atoms with van der Waals surface area (Å²) >= 11 is 0. The molecule has 2 N–H and O–H groups in total. The summed E-state index contributed by atoms with van der Waals surface area (Å²) in [7, 11) is 0. The minimum absolute atomic E-state index is 0.133. The molecule has 194 valence electrons. The second kappa shape index (κ2) is 10.6. The van der Waals surface area contributed by atoms with Crippen LogP contribution in [0.1, 0.15) is 35.3 Å². The number of imidazole rings is 2. The van der Waals surface area contributed by atoms with Crippen LogP contribution >= 0.6 is 0 Å². The van der Waals surface area contributed by atoms with Crippen LogP contribution in [0.4, 0.5) is 5.95 Å². The Bertz CT molecular complexity index is 1580. The zero-order valence-electron chi connectivity index (χ0n) is 21.1. The molecule has 9 heteroatoms. The number of nitrogens with zero attached hydrogens (tertiary/aromatic N) is 3. The number of amides is 1. The van der Waals surface area contributed by atoms with Gasteiger partial charge in [0.15, 0.2) is 6.29 Å². The van der Waals surface area contributed by atoms with Crippen molar-refractivity contribution in [3.05, 3.63) is 78.2 Å². The van der Waals surface area contributed by atoms with Crippen LogP contribution in [0.3, 0.4) is 0 Å². The van der Waals surface area contributed by atoms with Crippen LogP contribution < -0.4 is 10.1 Å². The predicted octanol–water partition coefficient (Wildman–Crippen LogP) is 5.36. The molecule has 1 saturated heterocycles. The number of carbonyl (C=O) groups excluding carboxylic acids is 1. The van der Waals surface area contributed by atoms with Crippen molar-refractivity contribution in [2.75, 3.05) is 25.1 Å². The number of pyridine rings is 1. The van der Waals surface area contributed by atoms with Gasteiger partial charge in [0.25, 0.3) is 5.91 Å². The number of rotatable bonds is 8. The first kappa shape index (κ1) is 24.1. The van der Waals surface area contributed by atoms with Crippen LogP contribution in [0.2, 0.25) is 0 Å². The second-order valence-corrected chi connectivity index (χ2v) is 9.41. The van der Waals surface area contributed by atoms with E-state index < -0.39 is 0 Å². The number of hydrogen-bond acceptors (Lipinski definition) is 6. The van der Waals surface area contributed by atoms with Crippen molar-refractivity contribution in [1.29, 1.82) is 0 Å². The number of carbonyl (C=O) groups is 1. The third-order valence-corrected chi connectivity index (χ3v) is 6.52. The SMILES string of the molecule is Cc1cccc(-c2ccc3nc(NC(=O)c4cn5cc(OCCOC6CCCCO6)ccc5n4)[nH]c3c2)c1. The molecule has 1 unspecified atom stereocenters. The fourth-order valence-electron chi connectivity index (χ4n) is 4.59. The Labute approximate surface area is 219 Å². The number of anilines is 1. The monoisotopic (exact) mass is 511 g/mol. The highest BCUT2D eigenvalue weighted by Gasteiger charge is 2.15. The second-order valence-electron chi connectivity index (χ2n) is 9.41. The maximum Gasteiger partial charge on any atom is 0.278 e. The number of hydrogen-bond donors (Lipinski definition) is 2. The van der Waals surface area contributed by atoms with Crippen LogP contribution in [-0.2, 0) is 9.47 Å². The molecule has 0 spiro atoms. The summed E-state index contributed by atoms with van der Waals surface area (Å²) in [6.07, 6.45) is 6.48. The lowest BCUT2D eigenvalue weighted by Gasteiger charge is -2.22. The fraction of sp³-hybridized carbons (Fsp3) is 0.276. The summed E-state index contributed by atoms with van der Waals surface area (Å²) in [6, 6.07) is 18.0. The van der Waals surface area contributed by atoms with E-state index in [1.165, 1.54) is 5.56 Å². The third-order valence-electron chi connectivity index (χ3n) is 6.52. The molecule has 2 aromatic carbocycles. The number of nitrogens with one attached hydrogen (secondary N) is 2. The van der Waals surface area contributed by atoms with E-state index in [1.807, 2.05) is 36.4 Å². The van der Waals surface area contributed by atoms with Gasteiger partial charge in [-0.3, -0.25) is 10.1 Å². The molecule has 1 aliphatic heterocycles. The van der Waals surface area contributed by atoms with Crippen molar-refractivity contribution in [2.45, 2.75) is 32.5 Å². The molecule has 38 heavy (non-hydrogen) atoms. The Kier molecular flexibility index (Phi) is 6.76. The van der Waals surface area contributed by atoms with Crippen LogP contribution in [0.5, 0.6) is 5.75 Å². The maximum atomic E-state index is 12.9. The van der Waals surface area contributed by atoms with Gasteiger partial charge in [0.1, 0.15) is 23.7 Å². The first-order valence-corrected chi connectivity index (χ1v) is 12.8. The number of aryl methyl sites for hydroxylation is 1. The Morgan fingerprint density at radius 2 is 2.00 bits per heavy atom.